The summed E-state index contributed by atoms with van der Waals surface area (Å²) >= 11 is 1.33. The molecule has 2 aromatic rings. The molecule has 0 bridgehead atoms. The smallest absolute Gasteiger partial charge is 0.341 e. The van der Waals surface area contributed by atoms with Crippen molar-refractivity contribution < 1.29 is 23.9 Å². The van der Waals surface area contributed by atoms with Crippen LogP contribution in [0.5, 0.6) is 5.75 Å². The minimum atomic E-state index is -0.453. The van der Waals surface area contributed by atoms with E-state index < -0.39 is 5.97 Å². The monoisotopic (exact) mass is 444 g/mol. The summed E-state index contributed by atoms with van der Waals surface area (Å²) < 4.78 is 10.9. The van der Waals surface area contributed by atoms with Gasteiger partial charge in [-0.3, -0.25) is 9.59 Å². The van der Waals surface area contributed by atoms with Gasteiger partial charge in [0.1, 0.15) is 10.8 Å². The number of nitrogens with one attached hydrogen (secondary N) is 1. The number of benzene rings is 1. The first-order chi connectivity index (χ1) is 14.9. The van der Waals surface area contributed by atoms with E-state index in [0.717, 1.165) is 23.3 Å². The van der Waals surface area contributed by atoms with Gasteiger partial charge in [-0.1, -0.05) is 13.3 Å². The van der Waals surface area contributed by atoms with Crippen LogP contribution in [0.3, 0.4) is 0 Å². The van der Waals surface area contributed by atoms with Crippen LogP contribution >= 0.6 is 11.3 Å². The zero-order valence-electron chi connectivity index (χ0n) is 18.2. The minimum Gasteiger partial charge on any atom is -0.494 e. The van der Waals surface area contributed by atoms with Gasteiger partial charge in [0.05, 0.1) is 25.3 Å². The van der Waals surface area contributed by atoms with Gasteiger partial charge in [0, 0.05) is 23.9 Å². The van der Waals surface area contributed by atoms with E-state index in [1.54, 1.807) is 36.1 Å². The van der Waals surface area contributed by atoms with E-state index in [1.165, 1.54) is 18.3 Å². The third-order valence-corrected chi connectivity index (χ3v) is 6.22. The number of unbranched alkanes of at least 4 members (excludes halogenated alkanes) is 1. The average molecular weight is 445 g/mol. The lowest BCUT2D eigenvalue weighted by Crippen LogP contribution is -2.34. The lowest BCUT2D eigenvalue weighted by molar-refractivity contribution is -0.129. The molecular weight excluding hydrogens is 416 g/mol. The third kappa shape index (κ3) is 5.44. The Morgan fingerprint density at radius 2 is 1.90 bits per heavy atom. The van der Waals surface area contributed by atoms with Crippen LogP contribution in [0.2, 0.25) is 0 Å². The van der Waals surface area contributed by atoms with Crippen molar-refractivity contribution in [3.05, 3.63) is 45.8 Å². The van der Waals surface area contributed by atoms with Crippen LogP contribution in [0.1, 0.15) is 64.8 Å². The number of hydrogen-bond donors (Lipinski definition) is 1. The van der Waals surface area contributed by atoms with Gasteiger partial charge in [-0.15, -0.1) is 11.3 Å². The SMILES string of the molecule is CCCCOc1ccc(C(=O)Nc2sc3c(c2C(=O)OCC)CCN(C(C)=O)C3)cc1. The van der Waals surface area contributed by atoms with Crippen LogP contribution in [0.4, 0.5) is 5.00 Å². The number of amides is 2. The summed E-state index contributed by atoms with van der Waals surface area (Å²) in [7, 11) is 0. The highest BCUT2D eigenvalue weighted by Crippen LogP contribution is 2.38. The van der Waals surface area contributed by atoms with Crippen molar-refractivity contribution in [2.45, 2.75) is 46.6 Å². The quantitative estimate of drug-likeness (QED) is 0.486. The van der Waals surface area contributed by atoms with E-state index in [9.17, 15) is 14.4 Å². The maximum atomic E-state index is 12.8. The second kappa shape index (κ2) is 10.4. The highest BCUT2D eigenvalue weighted by atomic mass is 32.1. The van der Waals surface area contributed by atoms with E-state index in [0.29, 0.717) is 48.0 Å². The number of carbonyl (C=O) groups is 3. The second-order valence-corrected chi connectivity index (χ2v) is 8.40. The number of fused-ring (bicyclic) bond motifs is 1. The molecule has 2 amide bonds. The Kier molecular flexibility index (Phi) is 7.68. The standard InChI is InChI=1S/C23H28N2O5S/c1-4-6-13-30-17-9-7-16(8-10-17)21(27)24-22-20(23(28)29-5-2)18-11-12-25(15(3)26)14-19(18)31-22/h7-10H,4-6,11-14H2,1-3H3,(H,24,27). The number of rotatable bonds is 8. The van der Waals surface area contributed by atoms with Crippen LogP contribution < -0.4 is 10.1 Å². The Labute approximate surface area is 186 Å². The largest absolute Gasteiger partial charge is 0.494 e. The molecule has 1 aromatic carbocycles. The van der Waals surface area contributed by atoms with E-state index >= 15 is 0 Å². The lowest BCUT2D eigenvalue weighted by Gasteiger charge is -2.25. The fraction of sp³-hybridized carbons (Fsp3) is 0.435. The summed E-state index contributed by atoms with van der Waals surface area (Å²) in [4.78, 5) is 39.9. The average Bonchev–Trinajstić information content (AvgIpc) is 3.11. The zero-order chi connectivity index (χ0) is 22.4. The van der Waals surface area contributed by atoms with Gasteiger partial charge in [-0.2, -0.15) is 0 Å². The number of esters is 1. The molecule has 8 heteroatoms. The highest BCUT2D eigenvalue weighted by Gasteiger charge is 2.30. The Bertz CT molecular complexity index is 952. The van der Waals surface area contributed by atoms with Crippen LogP contribution in [-0.2, 0) is 22.5 Å². The predicted molar refractivity (Wildman–Crippen MR) is 120 cm³/mol. The van der Waals surface area contributed by atoms with Crippen LogP contribution in [0, 0.1) is 0 Å². The molecule has 1 aliphatic rings. The highest BCUT2D eigenvalue weighted by molar-refractivity contribution is 7.17. The number of thiophene rings is 1. The van der Waals surface area contributed by atoms with Gasteiger partial charge in [-0.25, -0.2) is 4.79 Å². The lowest BCUT2D eigenvalue weighted by atomic mass is 10.0. The van der Waals surface area contributed by atoms with Crippen molar-refractivity contribution in [2.24, 2.45) is 0 Å². The van der Waals surface area contributed by atoms with Crippen molar-refractivity contribution in [3.63, 3.8) is 0 Å². The van der Waals surface area contributed by atoms with E-state index in [2.05, 4.69) is 12.2 Å². The third-order valence-electron chi connectivity index (χ3n) is 5.09. The molecule has 2 heterocycles. The van der Waals surface area contributed by atoms with Crippen LogP contribution in [0.15, 0.2) is 24.3 Å². The van der Waals surface area contributed by atoms with E-state index in [1.807, 2.05) is 0 Å². The van der Waals surface area contributed by atoms with Gasteiger partial charge in [0.25, 0.3) is 5.91 Å². The molecule has 0 radical (unpaired) electrons. The predicted octanol–water partition coefficient (Wildman–Crippen LogP) is 4.26. The van der Waals surface area contributed by atoms with E-state index in [-0.39, 0.29) is 18.4 Å². The number of carbonyl (C=O) groups excluding carboxylic acids is 3. The number of ether oxygens (including phenoxy) is 2. The summed E-state index contributed by atoms with van der Waals surface area (Å²) in [6, 6.07) is 6.93. The molecule has 1 N–H and O–H groups in total. The molecule has 1 aliphatic heterocycles. The van der Waals surface area contributed by atoms with Crippen LogP contribution in [0.25, 0.3) is 0 Å². The van der Waals surface area contributed by atoms with Gasteiger partial charge >= 0.3 is 5.97 Å². The molecule has 0 saturated heterocycles. The molecule has 1 aromatic heterocycles. The van der Waals surface area contributed by atoms with Crippen molar-refractivity contribution in [1.29, 1.82) is 0 Å². The Morgan fingerprint density at radius 1 is 1.16 bits per heavy atom. The molecule has 31 heavy (non-hydrogen) atoms. The second-order valence-electron chi connectivity index (χ2n) is 7.30. The number of anilines is 1. The van der Waals surface area contributed by atoms with Crippen molar-refractivity contribution in [2.75, 3.05) is 25.1 Å². The molecule has 0 spiro atoms. The maximum absolute atomic E-state index is 12.8. The molecule has 0 unspecified atom stereocenters. The van der Waals surface area contributed by atoms with Crippen LogP contribution in [-0.4, -0.2) is 42.4 Å². The topological polar surface area (TPSA) is 84.9 Å². The normalized spacial score (nSPS) is 12.8. The van der Waals surface area contributed by atoms with Crippen molar-refractivity contribution in [3.8, 4) is 5.75 Å². The summed E-state index contributed by atoms with van der Waals surface area (Å²) in [5.41, 5.74) is 1.73. The van der Waals surface area contributed by atoms with Gasteiger partial charge < -0.3 is 19.7 Å². The van der Waals surface area contributed by atoms with Gasteiger partial charge in [0.2, 0.25) is 5.91 Å². The molecule has 0 atom stereocenters. The molecule has 166 valence electrons. The molecule has 0 saturated carbocycles. The summed E-state index contributed by atoms with van der Waals surface area (Å²) in [5.74, 6) is -0.0596. The number of nitrogens with zero attached hydrogens (tertiary/aromatic N) is 1. The Morgan fingerprint density at radius 3 is 2.55 bits per heavy atom. The fourth-order valence-electron chi connectivity index (χ4n) is 3.39. The summed E-state index contributed by atoms with van der Waals surface area (Å²) in [6.07, 6.45) is 2.58. The molecule has 0 fully saturated rings. The van der Waals surface area contributed by atoms with Crippen molar-refractivity contribution in [1.82, 2.24) is 4.90 Å². The molecule has 0 aliphatic carbocycles. The first kappa shape index (κ1) is 22.8. The minimum absolute atomic E-state index is 0.0106. The zero-order valence-corrected chi connectivity index (χ0v) is 19.0. The molecule has 7 nitrogen and oxygen atoms in total. The summed E-state index contributed by atoms with van der Waals surface area (Å²) in [6.45, 7) is 7.24. The first-order valence-corrected chi connectivity index (χ1v) is 11.4. The molecular formula is C23H28N2O5S. The van der Waals surface area contributed by atoms with E-state index in [4.69, 9.17) is 9.47 Å². The fourth-order valence-corrected chi connectivity index (χ4v) is 4.64. The van der Waals surface area contributed by atoms with Crippen molar-refractivity contribution >= 4 is 34.1 Å². The maximum Gasteiger partial charge on any atom is 0.341 e. The van der Waals surface area contributed by atoms with Gasteiger partial charge in [0.15, 0.2) is 0 Å². The summed E-state index contributed by atoms with van der Waals surface area (Å²) in [5, 5.41) is 3.33. The number of hydrogen-bond acceptors (Lipinski definition) is 6. The van der Waals surface area contributed by atoms with Gasteiger partial charge in [-0.05, 0) is 49.6 Å². The first-order valence-electron chi connectivity index (χ1n) is 10.6. The Balaban J connectivity index is 1.80. The molecule has 3 rings (SSSR count). The Hall–Kier alpha value is -2.87.